The Balaban J connectivity index is 1.92. The van der Waals surface area contributed by atoms with Crippen LogP contribution in [-0.4, -0.2) is 15.0 Å². The predicted octanol–water partition coefficient (Wildman–Crippen LogP) is 5.66. The summed E-state index contributed by atoms with van der Waals surface area (Å²) in [5.41, 5.74) is -0.337. The molecule has 0 fully saturated rings. The molecule has 0 aliphatic rings. The number of nitrogens with zero attached hydrogens (tertiary/aromatic N) is 3. The molecule has 2 aromatic carbocycles. The summed E-state index contributed by atoms with van der Waals surface area (Å²) in [7, 11) is 0. The maximum Gasteiger partial charge on any atom is 0.419 e. The number of halogens is 5. The van der Waals surface area contributed by atoms with E-state index in [0.717, 1.165) is 6.07 Å². The molecule has 0 amide bonds. The number of pyridine rings is 1. The van der Waals surface area contributed by atoms with Gasteiger partial charge in [0.15, 0.2) is 5.82 Å². The van der Waals surface area contributed by atoms with Crippen LogP contribution in [0.2, 0.25) is 0 Å². The summed E-state index contributed by atoms with van der Waals surface area (Å²) in [5.74, 6) is -1.96. The van der Waals surface area contributed by atoms with Gasteiger partial charge in [0.05, 0.1) is 11.3 Å². The molecule has 8 heteroatoms. The minimum atomic E-state index is -4.83. The minimum absolute atomic E-state index is 0.188. The molecule has 28 heavy (non-hydrogen) atoms. The minimum Gasteiger partial charge on any atom is -0.253 e. The van der Waals surface area contributed by atoms with Crippen LogP contribution in [-0.2, 0) is 6.18 Å². The summed E-state index contributed by atoms with van der Waals surface area (Å²) in [6.45, 7) is 0. The number of benzene rings is 2. The van der Waals surface area contributed by atoms with Crippen LogP contribution >= 0.6 is 0 Å². The van der Waals surface area contributed by atoms with Crippen molar-refractivity contribution < 1.29 is 22.0 Å². The van der Waals surface area contributed by atoms with Gasteiger partial charge in [-0.05, 0) is 41.5 Å². The van der Waals surface area contributed by atoms with E-state index in [1.54, 1.807) is 0 Å². The molecule has 140 valence electrons. The summed E-state index contributed by atoms with van der Waals surface area (Å²) in [4.78, 5) is 11.6. The third-order valence-corrected chi connectivity index (χ3v) is 4.29. The molecule has 0 aliphatic carbocycles. The van der Waals surface area contributed by atoms with Gasteiger partial charge in [-0.15, -0.1) is 0 Å². The summed E-state index contributed by atoms with van der Waals surface area (Å²) >= 11 is 0. The van der Waals surface area contributed by atoms with E-state index in [1.807, 2.05) is 0 Å². The Morgan fingerprint density at radius 1 is 0.786 bits per heavy atom. The van der Waals surface area contributed by atoms with Gasteiger partial charge < -0.3 is 0 Å². The fraction of sp³-hybridized carbons (Fsp3) is 0.0500. The van der Waals surface area contributed by atoms with Crippen LogP contribution in [0.3, 0.4) is 0 Å². The Labute approximate surface area is 155 Å². The fourth-order valence-corrected chi connectivity index (χ4v) is 2.99. The second-order valence-corrected chi connectivity index (χ2v) is 5.97. The summed E-state index contributed by atoms with van der Waals surface area (Å²) in [6, 6.07) is 9.09. The maximum absolute atomic E-state index is 14.4. The van der Waals surface area contributed by atoms with Crippen molar-refractivity contribution in [3.63, 3.8) is 0 Å². The normalized spacial score (nSPS) is 11.8. The smallest absolute Gasteiger partial charge is 0.253 e. The zero-order valence-corrected chi connectivity index (χ0v) is 14.0. The summed E-state index contributed by atoms with van der Waals surface area (Å²) in [5, 5.41) is 0.188. The van der Waals surface area contributed by atoms with Crippen molar-refractivity contribution >= 4 is 10.9 Å². The van der Waals surface area contributed by atoms with Crippen LogP contribution in [0, 0.1) is 11.6 Å². The molecular weight excluding hydrogens is 377 g/mol. The highest BCUT2D eigenvalue weighted by molar-refractivity contribution is 5.95. The van der Waals surface area contributed by atoms with Crippen molar-refractivity contribution in [3.8, 4) is 22.4 Å². The van der Waals surface area contributed by atoms with E-state index in [0.29, 0.717) is 22.9 Å². The van der Waals surface area contributed by atoms with Crippen molar-refractivity contribution in [2.45, 2.75) is 6.18 Å². The second-order valence-electron chi connectivity index (χ2n) is 5.97. The number of alkyl halides is 3. The van der Waals surface area contributed by atoms with E-state index in [9.17, 15) is 22.0 Å². The molecule has 0 N–H and O–H groups in total. The molecule has 2 aromatic heterocycles. The van der Waals surface area contributed by atoms with Gasteiger partial charge in [0, 0.05) is 23.3 Å². The molecule has 0 spiro atoms. The largest absolute Gasteiger partial charge is 0.419 e. The van der Waals surface area contributed by atoms with E-state index in [-0.39, 0.29) is 10.9 Å². The number of aromatic nitrogens is 3. The first-order valence-corrected chi connectivity index (χ1v) is 8.07. The predicted molar refractivity (Wildman–Crippen MR) is 93.1 cm³/mol. The van der Waals surface area contributed by atoms with Gasteiger partial charge >= 0.3 is 6.18 Å². The Kier molecular flexibility index (Phi) is 4.26. The molecule has 0 atom stereocenters. The highest BCUT2D eigenvalue weighted by Crippen LogP contribution is 2.37. The lowest BCUT2D eigenvalue weighted by Crippen LogP contribution is -2.08. The molecule has 4 rings (SSSR count). The summed E-state index contributed by atoms with van der Waals surface area (Å²) < 4.78 is 67.6. The maximum atomic E-state index is 14.4. The van der Waals surface area contributed by atoms with Gasteiger partial charge in [-0.3, -0.25) is 4.98 Å². The van der Waals surface area contributed by atoms with E-state index < -0.39 is 28.9 Å². The van der Waals surface area contributed by atoms with Crippen molar-refractivity contribution in [1.82, 2.24) is 15.0 Å². The van der Waals surface area contributed by atoms with Crippen molar-refractivity contribution in [2.75, 3.05) is 0 Å². The van der Waals surface area contributed by atoms with Crippen LogP contribution in [0.25, 0.3) is 33.3 Å². The van der Waals surface area contributed by atoms with E-state index in [4.69, 9.17) is 0 Å². The van der Waals surface area contributed by atoms with E-state index in [1.165, 1.54) is 49.1 Å². The Morgan fingerprint density at radius 3 is 2.32 bits per heavy atom. The van der Waals surface area contributed by atoms with Gasteiger partial charge in [-0.1, -0.05) is 12.1 Å². The molecule has 4 aromatic rings. The Hall–Kier alpha value is -3.42. The molecule has 0 aliphatic heterocycles. The van der Waals surface area contributed by atoms with Gasteiger partial charge in [-0.25, -0.2) is 18.7 Å². The van der Waals surface area contributed by atoms with Gasteiger partial charge in [-0.2, -0.15) is 13.2 Å². The SMILES string of the molecule is Fc1ccc(-c2ccnc3c(F)c(C(F)(F)F)ccc23)cc1-c1ccncn1. The first-order chi connectivity index (χ1) is 13.4. The molecule has 3 nitrogen and oxygen atoms in total. The molecule has 0 saturated carbocycles. The average Bonchev–Trinajstić information content (AvgIpc) is 2.68. The van der Waals surface area contributed by atoms with Crippen LogP contribution < -0.4 is 0 Å². The lowest BCUT2D eigenvalue weighted by molar-refractivity contribution is -0.139. The standard InChI is InChI=1S/C20H10F5N3/c21-16-4-1-11(9-14(16)17-6-7-26-10-28-17)12-5-8-27-19-13(12)2-3-15(18(19)22)20(23,24)25/h1-10H. The zero-order chi connectivity index (χ0) is 19.9. The third kappa shape index (κ3) is 3.06. The average molecular weight is 387 g/mol. The Bertz CT molecular complexity index is 1170. The lowest BCUT2D eigenvalue weighted by Gasteiger charge is -2.12. The lowest BCUT2D eigenvalue weighted by atomic mass is 9.97. The highest BCUT2D eigenvalue weighted by Gasteiger charge is 2.35. The molecule has 0 unspecified atom stereocenters. The first-order valence-electron chi connectivity index (χ1n) is 8.07. The van der Waals surface area contributed by atoms with Crippen molar-refractivity contribution in [2.24, 2.45) is 0 Å². The molecular formula is C20H10F5N3. The van der Waals surface area contributed by atoms with E-state index in [2.05, 4.69) is 15.0 Å². The topological polar surface area (TPSA) is 38.7 Å². The van der Waals surface area contributed by atoms with Gasteiger partial charge in [0.2, 0.25) is 0 Å². The second kappa shape index (κ2) is 6.63. The fourth-order valence-electron chi connectivity index (χ4n) is 2.99. The molecule has 2 heterocycles. The monoisotopic (exact) mass is 387 g/mol. The summed E-state index contributed by atoms with van der Waals surface area (Å²) in [6.07, 6.45) is -0.873. The Morgan fingerprint density at radius 2 is 1.61 bits per heavy atom. The molecule has 0 saturated heterocycles. The van der Waals surface area contributed by atoms with Gasteiger partial charge in [0.25, 0.3) is 0 Å². The quantitative estimate of drug-likeness (QED) is 0.417. The molecule has 0 radical (unpaired) electrons. The molecule has 0 bridgehead atoms. The van der Waals surface area contributed by atoms with Crippen LogP contribution in [0.1, 0.15) is 5.56 Å². The number of rotatable bonds is 2. The van der Waals surface area contributed by atoms with E-state index >= 15 is 0 Å². The third-order valence-electron chi connectivity index (χ3n) is 4.29. The zero-order valence-electron chi connectivity index (χ0n) is 14.0. The highest BCUT2D eigenvalue weighted by atomic mass is 19.4. The van der Waals surface area contributed by atoms with Crippen LogP contribution in [0.15, 0.2) is 61.2 Å². The first kappa shape index (κ1) is 18.0. The van der Waals surface area contributed by atoms with Crippen LogP contribution in [0.5, 0.6) is 0 Å². The number of fused-ring (bicyclic) bond motifs is 1. The van der Waals surface area contributed by atoms with Crippen LogP contribution in [0.4, 0.5) is 22.0 Å². The van der Waals surface area contributed by atoms with Crippen molar-refractivity contribution in [1.29, 1.82) is 0 Å². The van der Waals surface area contributed by atoms with Gasteiger partial charge in [0.1, 0.15) is 17.7 Å². The van der Waals surface area contributed by atoms with Crippen molar-refractivity contribution in [3.05, 3.63) is 78.4 Å². The number of hydrogen-bond donors (Lipinski definition) is 0. The number of hydrogen-bond acceptors (Lipinski definition) is 3.